The summed E-state index contributed by atoms with van der Waals surface area (Å²) in [5, 5.41) is 20.3. The number of hydrogen-bond acceptors (Lipinski definition) is 6. The number of carbonyl (C=O) groups excluding carboxylic acids is 1. The van der Waals surface area contributed by atoms with E-state index in [1.54, 1.807) is 6.92 Å². The topological polar surface area (TPSA) is 88.1 Å². The van der Waals surface area contributed by atoms with Crippen LogP contribution in [0.4, 0.5) is 0 Å². The van der Waals surface area contributed by atoms with Crippen LogP contribution in [-0.4, -0.2) is 31.2 Å². The van der Waals surface area contributed by atoms with Gasteiger partial charge in [-0.15, -0.1) is 0 Å². The maximum absolute atomic E-state index is 11.1. The van der Waals surface area contributed by atoms with Crippen LogP contribution in [0.1, 0.15) is 17.3 Å². The average Bonchev–Trinajstić information content (AvgIpc) is 2.28. The zero-order valence-electron chi connectivity index (χ0n) is 10.1. The molecule has 6 nitrogen and oxygen atoms in total. The molecule has 18 heavy (non-hydrogen) atoms. The van der Waals surface area contributed by atoms with E-state index in [9.17, 15) is 14.9 Å². The Labute approximate surface area is 126 Å². The Hall–Kier alpha value is -0.885. The standard InChI is InChI=1S/C10H11BO6.Na/c1-2-15-6-3-4-7-9(8(6)10(12)13)17-11(14)5-16-7;/h3-4,14H,2,5H2,1H3,(H,12,13);/q;+1/p-1. The molecule has 90 valence electrons. The van der Waals surface area contributed by atoms with Gasteiger partial charge < -0.3 is 29.1 Å². The van der Waals surface area contributed by atoms with E-state index in [4.69, 9.17) is 14.1 Å². The van der Waals surface area contributed by atoms with Crippen molar-refractivity contribution in [3.63, 3.8) is 0 Å². The third kappa shape index (κ3) is 2.92. The molecule has 0 bridgehead atoms. The van der Waals surface area contributed by atoms with Gasteiger partial charge in [0.05, 0.1) is 18.1 Å². The Morgan fingerprint density at radius 2 is 2.33 bits per heavy atom. The van der Waals surface area contributed by atoms with Crippen LogP contribution in [-0.2, 0) is 0 Å². The molecule has 1 N–H and O–H groups in total. The molecule has 1 aliphatic rings. The third-order valence-electron chi connectivity index (χ3n) is 2.22. The molecule has 1 heterocycles. The first-order valence-corrected chi connectivity index (χ1v) is 5.12. The van der Waals surface area contributed by atoms with Crippen molar-refractivity contribution in [1.29, 1.82) is 0 Å². The zero-order valence-corrected chi connectivity index (χ0v) is 12.1. The summed E-state index contributed by atoms with van der Waals surface area (Å²) >= 11 is 0. The summed E-state index contributed by atoms with van der Waals surface area (Å²) in [6.07, 6.45) is 0. The van der Waals surface area contributed by atoms with Gasteiger partial charge in [0.25, 0.3) is 0 Å². The molecule has 8 heteroatoms. The summed E-state index contributed by atoms with van der Waals surface area (Å²) in [5.41, 5.74) is -0.247. The molecule has 1 aromatic rings. The van der Waals surface area contributed by atoms with Crippen LogP contribution in [0.15, 0.2) is 12.1 Å². The van der Waals surface area contributed by atoms with Crippen molar-refractivity contribution < 1.29 is 58.6 Å². The van der Waals surface area contributed by atoms with Crippen LogP contribution in [0.2, 0.25) is 0 Å². The molecule has 0 aromatic heterocycles. The van der Waals surface area contributed by atoms with Crippen molar-refractivity contribution in [3.8, 4) is 17.2 Å². The molecular weight excluding hydrogens is 250 g/mol. The number of rotatable bonds is 3. The van der Waals surface area contributed by atoms with Crippen LogP contribution < -0.4 is 48.8 Å². The number of carboxylic acid groups (broad SMARTS) is 1. The molecule has 0 saturated heterocycles. The summed E-state index contributed by atoms with van der Waals surface area (Å²) in [7, 11) is -1.20. The monoisotopic (exact) mass is 260 g/mol. The van der Waals surface area contributed by atoms with Crippen molar-refractivity contribution in [2.45, 2.75) is 6.92 Å². The first-order valence-electron chi connectivity index (χ1n) is 5.12. The fourth-order valence-corrected chi connectivity index (χ4v) is 1.58. The maximum Gasteiger partial charge on any atom is 1.00 e. The van der Waals surface area contributed by atoms with Gasteiger partial charge in [0, 0.05) is 0 Å². The van der Waals surface area contributed by atoms with E-state index in [1.807, 2.05) is 0 Å². The SMILES string of the molecule is CCOc1ccc2c(c1C(=O)[O-])OB(O)CO2.[Na+]. The van der Waals surface area contributed by atoms with Crippen molar-refractivity contribution in [3.05, 3.63) is 17.7 Å². The van der Waals surface area contributed by atoms with Crippen LogP contribution in [0.3, 0.4) is 0 Å². The minimum atomic E-state index is -1.44. The zero-order chi connectivity index (χ0) is 12.4. The Kier molecular flexibility index (Phi) is 5.34. The minimum absolute atomic E-state index is 0. The molecule has 0 aliphatic carbocycles. The Balaban J connectivity index is 0.00000162. The van der Waals surface area contributed by atoms with E-state index in [2.05, 4.69) is 0 Å². The van der Waals surface area contributed by atoms with E-state index < -0.39 is 13.1 Å². The summed E-state index contributed by atoms with van der Waals surface area (Å²) in [6.45, 7) is 1.99. The first-order chi connectivity index (χ1) is 8.13. The van der Waals surface area contributed by atoms with Crippen LogP contribution in [0.5, 0.6) is 17.2 Å². The molecule has 0 atom stereocenters. The van der Waals surface area contributed by atoms with Gasteiger partial charge in [-0.2, -0.15) is 0 Å². The maximum atomic E-state index is 11.1. The molecule has 0 saturated carbocycles. The largest absolute Gasteiger partial charge is 1.00 e. The molecule has 1 aliphatic heterocycles. The van der Waals surface area contributed by atoms with Crippen LogP contribution in [0.25, 0.3) is 0 Å². The second kappa shape index (κ2) is 6.33. The number of benzene rings is 1. The number of carbonyl (C=O) groups is 1. The van der Waals surface area contributed by atoms with E-state index in [0.717, 1.165) is 0 Å². The van der Waals surface area contributed by atoms with Crippen LogP contribution in [0, 0.1) is 0 Å². The minimum Gasteiger partial charge on any atom is -0.545 e. The van der Waals surface area contributed by atoms with Gasteiger partial charge in [0.1, 0.15) is 12.3 Å². The molecule has 0 amide bonds. The molecule has 0 radical (unpaired) electrons. The summed E-state index contributed by atoms with van der Waals surface area (Å²) in [5.74, 6) is -1.13. The Bertz CT molecular complexity index is 452. The fraction of sp³-hybridized carbons (Fsp3) is 0.300. The van der Waals surface area contributed by atoms with E-state index in [1.165, 1.54) is 12.1 Å². The van der Waals surface area contributed by atoms with Gasteiger partial charge >= 0.3 is 36.7 Å². The third-order valence-corrected chi connectivity index (χ3v) is 2.22. The Morgan fingerprint density at radius 3 is 2.94 bits per heavy atom. The molecular formula is C10H10BNaO6. The first kappa shape index (κ1) is 15.2. The average molecular weight is 260 g/mol. The van der Waals surface area contributed by atoms with Crippen LogP contribution >= 0.6 is 0 Å². The molecule has 1 aromatic carbocycles. The smallest absolute Gasteiger partial charge is 0.545 e. The predicted molar refractivity (Wildman–Crippen MR) is 56.0 cm³/mol. The van der Waals surface area contributed by atoms with Gasteiger partial charge in [-0.25, -0.2) is 0 Å². The molecule has 0 fully saturated rings. The van der Waals surface area contributed by atoms with Crippen molar-refractivity contribution in [2.75, 3.05) is 13.1 Å². The molecule has 2 rings (SSSR count). The number of carboxylic acids is 1. The van der Waals surface area contributed by atoms with Gasteiger partial charge in [0.2, 0.25) is 0 Å². The second-order valence-corrected chi connectivity index (χ2v) is 3.37. The van der Waals surface area contributed by atoms with Gasteiger partial charge in [-0.3, -0.25) is 0 Å². The van der Waals surface area contributed by atoms with Crippen molar-refractivity contribution in [2.24, 2.45) is 0 Å². The molecule has 0 spiro atoms. The summed E-state index contributed by atoms with van der Waals surface area (Å²) in [6, 6.07) is 2.99. The summed E-state index contributed by atoms with van der Waals surface area (Å²) in [4.78, 5) is 11.1. The van der Waals surface area contributed by atoms with E-state index >= 15 is 0 Å². The fourth-order valence-electron chi connectivity index (χ4n) is 1.58. The van der Waals surface area contributed by atoms with Crippen molar-refractivity contribution in [1.82, 2.24) is 0 Å². The van der Waals surface area contributed by atoms with Gasteiger partial charge in [-0.1, -0.05) is 0 Å². The Morgan fingerprint density at radius 1 is 1.61 bits per heavy atom. The van der Waals surface area contributed by atoms with Crippen molar-refractivity contribution >= 4 is 13.1 Å². The predicted octanol–water partition coefficient (Wildman–Crippen LogP) is -3.76. The number of fused-ring (bicyclic) bond motifs is 1. The second-order valence-electron chi connectivity index (χ2n) is 3.37. The summed E-state index contributed by atoms with van der Waals surface area (Å²) < 4.78 is 15.3. The molecule has 0 unspecified atom stereocenters. The van der Waals surface area contributed by atoms with E-state index in [-0.39, 0.29) is 58.9 Å². The normalized spacial score (nSPS) is 12.7. The number of ether oxygens (including phenoxy) is 2. The van der Waals surface area contributed by atoms with E-state index in [0.29, 0.717) is 6.61 Å². The van der Waals surface area contributed by atoms with Gasteiger partial charge in [0.15, 0.2) is 11.5 Å². The number of hydrogen-bond donors (Lipinski definition) is 1. The van der Waals surface area contributed by atoms with Gasteiger partial charge in [-0.05, 0) is 19.1 Å². The quantitative estimate of drug-likeness (QED) is 0.561. The number of aromatic carboxylic acids is 1.